The van der Waals surface area contributed by atoms with Gasteiger partial charge >= 0.3 is 0 Å². The van der Waals surface area contributed by atoms with E-state index < -0.39 is 11.6 Å². The summed E-state index contributed by atoms with van der Waals surface area (Å²) in [6, 6.07) is 3.69. The van der Waals surface area contributed by atoms with Crippen molar-refractivity contribution in [2.45, 2.75) is 25.4 Å². The standard InChI is InChI=1S/C13H17F2NO/c1-16-8-9-2-3-10(6-9)17-11-4-5-12(14)13(15)7-11/h4-5,7,9-10,16H,2-3,6,8H2,1H3. The summed E-state index contributed by atoms with van der Waals surface area (Å²) < 4.78 is 31.4. The fourth-order valence-electron chi connectivity index (χ4n) is 2.35. The molecule has 17 heavy (non-hydrogen) atoms. The minimum absolute atomic E-state index is 0.123. The van der Waals surface area contributed by atoms with Crippen LogP contribution in [0.4, 0.5) is 8.78 Å². The van der Waals surface area contributed by atoms with Crippen LogP contribution in [-0.4, -0.2) is 19.7 Å². The molecule has 0 saturated heterocycles. The van der Waals surface area contributed by atoms with Gasteiger partial charge in [-0.15, -0.1) is 0 Å². The van der Waals surface area contributed by atoms with Crippen molar-refractivity contribution < 1.29 is 13.5 Å². The highest BCUT2D eigenvalue weighted by molar-refractivity contribution is 5.24. The van der Waals surface area contributed by atoms with Crippen LogP contribution in [0.2, 0.25) is 0 Å². The van der Waals surface area contributed by atoms with E-state index in [1.807, 2.05) is 7.05 Å². The third-order valence-electron chi connectivity index (χ3n) is 3.18. The van der Waals surface area contributed by atoms with Crippen LogP contribution in [0, 0.1) is 17.6 Å². The normalized spacial score (nSPS) is 23.9. The van der Waals surface area contributed by atoms with Crippen LogP contribution in [-0.2, 0) is 0 Å². The smallest absolute Gasteiger partial charge is 0.162 e. The summed E-state index contributed by atoms with van der Waals surface area (Å²) in [6.45, 7) is 0.984. The van der Waals surface area contributed by atoms with Gasteiger partial charge in [0.1, 0.15) is 5.75 Å². The van der Waals surface area contributed by atoms with Gasteiger partial charge in [0, 0.05) is 6.07 Å². The summed E-state index contributed by atoms with van der Waals surface area (Å²) in [7, 11) is 1.93. The Bertz CT molecular complexity index is 384. The largest absolute Gasteiger partial charge is 0.490 e. The van der Waals surface area contributed by atoms with Crippen molar-refractivity contribution in [3.63, 3.8) is 0 Å². The third kappa shape index (κ3) is 3.16. The Labute approximate surface area is 100.0 Å². The Hall–Kier alpha value is -1.16. The zero-order chi connectivity index (χ0) is 12.3. The summed E-state index contributed by atoms with van der Waals surface area (Å²) in [6.07, 6.45) is 3.19. The number of halogens is 2. The zero-order valence-corrected chi connectivity index (χ0v) is 9.88. The highest BCUT2D eigenvalue weighted by atomic mass is 19.2. The number of nitrogens with one attached hydrogen (secondary N) is 1. The lowest BCUT2D eigenvalue weighted by Crippen LogP contribution is -2.18. The maximum absolute atomic E-state index is 13.0. The van der Waals surface area contributed by atoms with Gasteiger partial charge in [0.25, 0.3) is 0 Å². The second-order valence-corrected chi connectivity index (χ2v) is 4.55. The molecule has 0 radical (unpaired) electrons. The van der Waals surface area contributed by atoms with E-state index in [9.17, 15) is 8.78 Å². The van der Waals surface area contributed by atoms with Gasteiger partial charge in [-0.1, -0.05) is 0 Å². The predicted molar refractivity (Wildman–Crippen MR) is 62.0 cm³/mol. The van der Waals surface area contributed by atoms with Crippen LogP contribution in [0.1, 0.15) is 19.3 Å². The first kappa shape index (κ1) is 12.3. The van der Waals surface area contributed by atoms with Crippen molar-refractivity contribution in [2.24, 2.45) is 5.92 Å². The van der Waals surface area contributed by atoms with Gasteiger partial charge in [-0.25, -0.2) is 8.78 Å². The van der Waals surface area contributed by atoms with Gasteiger partial charge in [-0.3, -0.25) is 0 Å². The molecule has 1 N–H and O–H groups in total. The lowest BCUT2D eigenvalue weighted by Gasteiger charge is -2.14. The second-order valence-electron chi connectivity index (χ2n) is 4.55. The lowest BCUT2D eigenvalue weighted by atomic mass is 10.1. The molecule has 4 heteroatoms. The molecule has 1 aromatic rings. The zero-order valence-electron chi connectivity index (χ0n) is 9.88. The quantitative estimate of drug-likeness (QED) is 0.875. The average molecular weight is 241 g/mol. The van der Waals surface area contributed by atoms with Gasteiger partial charge in [0.05, 0.1) is 6.10 Å². The molecule has 0 aromatic heterocycles. The number of hydrogen-bond donors (Lipinski definition) is 1. The van der Waals surface area contributed by atoms with Gasteiger partial charge in [-0.05, 0) is 50.9 Å². The lowest BCUT2D eigenvalue weighted by molar-refractivity contribution is 0.203. The minimum Gasteiger partial charge on any atom is -0.490 e. The minimum atomic E-state index is -0.854. The first-order valence-electron chi connectivity index (χ1n) is 5.95. The molecular weight excluding hydrogens is 224 g/mol. The van der Waals surface area contributed by atoms with Crippen LogP contribution < -0.4 is 10.1 Å². The molecule has 2 nitrogen and oxygen atoms in total. The molecule has 0 heterocycles. The molecule has 0 aliphatic heterocycles. The van der Waals surface area contributed by atoms with Crippen LogP contribution in [0.15, 0.2) is 18.2 Å². The van der Waals surface area contributed by atoms with Crippen molar-refractivity contribution in [1.82, 2.24) is 5.32 Å². The van der Waals surface area contributed by atoms with Crippen LogP contribution >= 0.6 is 0 Å². The molecular formula is C13H17F2NO. The van der Waals surface area contributed by atoms with Crippen molar-refractivity contribution in [2.75, 3.05) is 13.6 Å². The first-order valence-corrected chi connectivity index (χ1v) is 5.95. The second kappa shape index (κ2) is 5.45. The molecule has 1 saturated carbocycles. The fourth-order valence-corrected chi connectivity index (χ4v) is 2.35. The highest BCUT2D eigenvalue weighted by Gasteiger charge is 2.25. The van der Waals surface area contributed by atoms with E-state index in [0.29, 0.717) is 11.7 Å². The molecule has 1 aliphatic rings. The van der Waals surface area contributed by atoms with Crippen molar-refractivity contribution in [3.05, 3.63) is 29.8 Å². The molecule has 0 spiro atoms. The summed E-state index contributed by atoms with van der Waals surface area (Å²) in [5.41, 5.74) is 0. The van der Waals surface area contributed by atoms with E-state index >= 15 is 0 Å². The molecule has 2 rings (SSSR count). The fraction of sp³-hybridized carbons (Fsp3) is 0.538. The Morgan fingerprint density at radius 2 is 2.12 bits per heavy atom. The number of rotatable bonds is 4. The topological polar surface area (TPSA) is 21.3 Å². The number of hydrogen-bond acceptors (Lipinski definition) is 2. The van der Waals surface area contributed by atoms with Crippen molar-refractivity contribution in [1.29, 1.82) is 0 Å². The Morgan fingerprint density at radius 1 is 1.29 bits per heavy atom. The highest BCUT2D eigenvalue weighted by Crippen LogP contribution is 2.29. The van der Waals surface area contributed by atoms with Gasteiger partial charge in [0.15, 0.2) is 11.6 Å². The SMILES string of the molecule is CNCC1CCC(Oc2ccc(F)c(F)c2)C1. The van der Waals surface area contributed by atoms with Crippen LogP contribution in [0.3, 0.4) is 0 Å². The molecule has 94 valence electrons. The maximum atomic E-state index is 13.0. The van der Waals surface area contributed by atoms with Gasteiger partial charge < -0.3 is 10.1 Å². The summed E-state index contributed by atoms with van der Waals surface area (Å²) in [4.78, 5) is 0. The Kier molecular flexibility index (Phi) is 3.94. The van der Waals surface area contributed by atoms with E-state index in [-0.39, 0.29) is 6.10 Å². The molecule has 1 aliphatic carbocycles. The number of benzene rings is 1. The monoisotopic (exact) mass is 241 g/mol. The van der Waals surface area contributed by atoms with Crippen LogP contribution in [0.5, 0.6) is 5.75 Å². The molecule has 2 unspecified atom stereocenters. The van der Waals surface area contributed by atoms with E-state index in [0.717, 1.165) is 37.9 Å². The Balaban J connectivity index is 1.91. The summed E-state index contributed by atoms with van der Waals surface area (Å²) >= 11 is 0. The molecule has 2 atom stereocenters. The van der Waals surface area contributed by atoms with E-state index in [1.54, 1.807) is 0 Å². The average Bonchev–Trinajstić information content (AvgIpc) is 2.72. The third-order valence-corrected chi connectivity index (χ3v) is 3.18. The van der Waals surface area contributed by atoms with E-state index in [2.05, 4.69) is 5.32 Å². The van der Waals surface area contributed by atoms with Crippen LogP contribution in [0.25, 0.3) is 0 Å². The number of ether oxygens (including phenoxy) is 1. The first-order chi connectivity index (χ1) is 8.19. The summed E-state index contributed by atoms with van der Waals surface area (Å²) in [5.74, 6) is -0.654. The maximum Gasteiger partial charge on any atom is 0.162 e. The van der Waals surface area contributed by atoms with Crippen molar-refractivity contribution in [3.8, 4) is 5.75 Å². The predicted octanol–water partition coefficient (Wildman–Crippen LogP) is 2.73. The van der Waals surface area contributed by atoms with Crippen molar-refractivity contribution >= 4 is 0 Å². The molecule has 0 bridgehead atoms. The Morgan fingerprint density at radius 3 is 2.82 bits per heavy atom. The summed E-state index contributed by atoms with van der Waals surface area (Å²) in [5, 5.41) is 3.15. The molecule has 1 fully saturated rings. The van der Waals surface area contributed by atoms with E-state index in [4.69, 9.17) is 4.74 Å². The molecule has 0 amide bonds. The van der Waals surface area contributed by atoms with Gasteiger partial charge in [0.2, 0.25) is 0 Å². The molecule has 1 aromatic carbocycles. The van der Waals surface area contributed by atoms with Gasteiger partial charge in [-0.2, -0.15) is 0 Å². The van der Waals surface area contributed by atoms with E-state index in [1.165, 1.54) is 6.07 Å².